The smallest absolute Gasteiger partial charge is 0.227 e. The highest BCUT2D eigenvalue weighted by Crippen LogP contribution is 2.28. The Balaban J connectivity index is 2.22. The van der Waals surface area contributed by atoms with Gasteiger partial charge < -0.3 is 9.64 Å². The number of nitrogens with zero attached hydrogens (tertiary/aromatic N) is 1. The van der Waals surface area contributed by atoms with Gasteiger partial charge in [-0.3, -0.25) is 4.79 Å². The summed E-state index contributed by atoms with van der Waals surface area (Å²) in [5, 5.41) is 0. The van der Waals surface area contributed by atoms with Gasteiger partial charge in [-0.05, 0) is 51.0 Å². The van der Waals surface area contributed by atoms with Crippen LogP contribution < -0.4 is 9.64 Å². The molecule has 0 unspecified atom stereocenters. The first-order valence-electron chi connectivity index (χ1n) is 6.15. The molecule has 2 rings (SSSR count). The highest BCUT2D eigenvalue weighted by Gasteiger charge is 2.22. The Morgan fingerprint density at radius 1 is 1.35 bits per heavy atom. The first-order chi connectivity index (χ1) is 8.08. The van der Waals surface area contributed by atoms with Crippen LogP contribution in [0.2, 0.25) is 0 Å². The molecule has 1 aromatic rings. The Kier molecular flexibility index (Phi) is 3.36. The van der Waals surface area contributed by atoms with Crippen molar-refractivity contribution in [1.82, 2.24) is 0 Å². The lowest BCUT2D eigenvalue weighted by atomic mass is 10.1. The molecule has 1 aliphatic rings. The van der Waals surface area contributed by atoms with Gasteiger partial charge >= 0.3 is 0 Å². The van der Waals surface area contributed by atoms with Crippen molar-refractivity contribution in [2.24, 2.45) is 0 Å². The lowest BCUT2D eigenvalue weighted by Crippen LogP contribution is -2.24. The van der Waals surface area contributed by atoms with Crippen molar-refractivity contribution in [2.75, 3.05) is 11.4 Å². The van der Waals surface area contributed by atoms with Crippen molar-refractivity contribution in [1.29, 1.82) is 0 Å². The van der Waals surface area contributed by atoms with E-state index in [2.05, 4.69) is 0 Å². The minimum atomic E-state index is 0.175. The maximum absolute atomic E-state index is 11.7. The van der Waals surface area contributed by atoms with Crippen LogP contribution in [-0.4, -0.2) is 18.6 Å². The number of aryl methyl sites for hydroxylation is 1. The summed E-state index contributed by atoms with van der Waals surface area (Å²) in [6, 6.07) is 5.92. The van der Waals surface area contributed by atoms with Gasteiger partial charge in [0.1, 0.15) is 5.75 Å². The molecule has 0 atom stereocenters. The highest BCUT2D eigenvalue weighted by atomic mass is 16.5. The van der Waals surface area contributed by atoms with Crippen molar-refractivity contribution >= 4 is 11.6 Å². The van der Waals surface area contributed by atoms with Crippen LogP contribution in [0.5, 0.6) is 5.75 Å². The van der Waals surface area contributed by atoms with Crippen molar-refractivity contribution < 1.29 is 9.53 Å². The molecule has 92 valence electrons. The van der Waals surface area contributed by atoms with E-state index in [0.29, 0.717) is 6.42 Å². The monoisotopic (exact) mass is 233 g/mol. The molecule has 3 nitrogen and oxygen atoms in total. The van der Waals surface area contributed by atoms with E-state index in [4.69, 9.17) is 4.74 Å². The van der Waals surface area contributed by atoms with Crippen molar-refractivity contribution in [3.05, 3.63) is 23.8 Å². The zero-order valence-corrected chi connectivity index (χ0v) is 10.7. The average molecular weight is 233 g/mol. The molecule has 1 saturated heterocycles. The molecule has 1 heterocycles. The Morgan fingerprint density at radius 3 is 2.65 bits per heavy atom. The summed E-state index contributed by atoms with van der Waals surface area (Å²) in [7, 11) is 0. The number of carbonyl (C=O) groups is 1. The lowest BCUT2D eigenvalue weighted by Gasteiger charge is -2.19. The Labute approximate surface area is 102 Å². The third-order valence-electron chi connectivity index (χ3n) is 2.90. The fourth-order valence-electron chi connectivity index (χ4n) is 2.18. The molecule has 0 N–H and O–H groups in total. The van der Waals surface area contributed by atoms with Gasteiger partial charge in [-0.1, -0.05) is 0 Å². The van der Waals surface area contributed by atoms with Crippen LogP contribution in [0.3, 0.4) is 0 Å². The lowest BCUT2D eigenvalue weighted by molar-refractivity contribution is -0.117. The van der Waals surface area contributed by atoms with E-state index in [0.717, 1.165) is 30.0 Å². The largest absolute Gasteiger partial charge is 0.491 e. The van der Waals surface area contributed by atoms with E-state index in [1.807, 2.05) is 43.9 Å². The zero-order valence-electron chi connectivity index (χ0n) is 10.7. The van der Waals surface area contributed by atoms with Gasteiger partial charge in [0.2, 0.25) is 5.91 Å². The summed E-state index contributed by atoms with van der Waals surface area (Å²) in [6.07, 6.45) is 1.81. The fourth-order valence-corrected chi connectivity index (χ4v) is 2.18. The number of anilines is 1. The number of benzene rings is 1. The number of rotatable bonds is 3. The summed E-state index contributed by atoms with van der Waals surface area (Å²) in [5.41, 5.74) is 2.11. The van der Waals surface area contributed by atoms with Crippen LogP contribution in [-0.2, 0) is 4.79 Å². The molecule has 0 spiro atoms. The van der Waals surface area contributed by atoms with Gasteiger partial charge in [0.25, 0.3) is 0 Å². The van der Waals surface area contributed by atoms with Gasteiger partial charge in [0.05, 0.1) is 6.10 Å². The fraction of sp³-hybridized carbons (Fsp3) is 0.500. The number of amides is 1. The first-order valence-corrected chi connectivity index (χ1v) is 6.15. The molecular weight excluding hydrogens is 214 g/mol. The van der Waals surface area contributed by atoms with Gasteiger partial charge in [0, 0.05) is 18.7 Å². The zero-order chi connectivity index (χ0) is 12.4. The second kappa shape index (κ2) is 4.78. The molecular formula is C14H19NO2. The van der Waals surface area contributed by atoms with E-state index in [1.165, 1.54) is 0 Å². The molecule has 17 heavy (non-hydrogen) atoms. The van der Waals surface area contributed by atoms with Crippen molar-refractivity contribution in [3.63, 3.8) is 0 Å². The van der Waals surface area contributed by atoms with Gasteiger partial charge in [-0.2, -0.15) is 0 Å². The number of hydrogen-bond donors (Lipinski definition) is 0. The topological polar surface area (TPSA) is 29.5 Å². The second-order valence-electron chi connectivity index (χ2n) is 4.76. The summed E-state index contributed by atoms with van der Waals surface area (Å²) < 4.78 is 5.64. The first kappa shape index (κ1) is 12.0. The van der Waals surface area contributed by atoms with Gasteiger partial charge in [0.15, 0.2) is 0 Å². The molecule has 0 bridgehead atoms. The number of carbonyl (C=O) groups excluding carboxylic acids is 1. The number of hydrogen-bond acceptors (Lipinski definition) is 2. The molecule has 1 fully saturated rings. The molecule has 3 heteroatoms. The SMILES string of the molecule is Cc1cc(OC(C)C)ccc1N1CCCC1=O. The highest BCUT2D eigenvalue weighted by molar-refractivity contribution is 5.96. The Hall–Kier alpha value is -1.51. The quantitative estimate of drug-likeness (QED) is 0.803. The van der Waals surface area contributed by atoms with Crippen molar-refractivity contribution in [2.45, 2.75) is 39.7 Å². The summed E-state index contributed by atoms with van der Waals surface area (Å²) in [6.45, 7) is 6.87. The molecule has 1 aliphatic heterocycles. The van der Waals surface area contributed by atoms with Crippen LogP contribution >= 0.6 is 0 Å². The molecule has 1 amide bonds. The van der Waals surface area contributed by atoms with E-state index >= 15 is 0 Å². The van der Waals surface area contributed by atoms with E-state index in [-0.39, 0.29) is 12.0 Å². The van der Waals surface area contributed by atoms with Crippen LogP contribution in [0.15, 0.2) is 18.2 Å². The van der Waals surface area contributed by atoms with E-state index in [9.17, 15) is 4.79 Å². The third-order valence-corrected chi connectivity index (χ3v) is 2.90. The predicted molar refractivity (Wildman–Crippen MR) is 68.5 cm³/mol. The summed E-state index contributed by atoms with van der Waals surface area (Å²) in [4.78, 5) is 13.6. The summed E-state index contributed by atoms with van der Waals surface area (Å²) in [5.74, 6) is 1.10. The standard InChI is InChI=1S/C14H19NO2/c1-10(2)17-12-6-7-13(11(3)9-12)15-8-4-5-14(15)16/h6-7,9-10H,4-5,8H2,1-3H3. The van der Waals surface area contributed by atoms with Crippen LogP contribution in [0, 0.1) is 6.92 Å². The molecule has 1 aromatic carbocycles. The average Bonchev–Trinajstić information content (AvgIpc) is 2.64. The summed E-state index contributed by atoms with van der Waals surface area (Å²) >= 11 is 0. The minimum absolute atomic E-state index is 0.175. The maximum atomic E-state index is 11.7. The van der Waals surface area contributed by atoms with E-state index in [1.54, 1.807) is 0 Å². The van der Waals surface area contributed by atoms with Crippen LogP contribution in [0.25, 0.3) is 0 Å². The maximum Gasteiger partial charge on any atom is 0.227 e. The van der Waals surface area contributed by atoms with Crippen molar-refractivity contribution in [3.8, 4) is 5.75 Å². The Morgan fingerprint density at radius 2 is 2.12 bits per heavy atom. The normalized spacial score (nSPS) is 15.8. The van der Waals surface area contributed by atoms with Gasteiger partial charge in [-0.25, -0.2) is 0 Å². The molecule has 0 saturated carbocycles. The molecule has 0 aromatic heterocycles. The molecule has 0 radical (unpaired) electrons. The Bertz CT molecular complexity index is 426. The van der Waals surface area contributed by atoms with Crippen LogP contribution in [0.1, 0.15) is 32.3 Å². The molecule has 0 aliphatic carbocycles. The van der Waals surface area contributed by atoms with Gasteiger partial charge in [-0.15, -0.1) is 0 Å². The number of ether oxygens (including phenoxy) is 1. The van der Waals surface area contributed by atoms with E-state index < -0.39 is 0 Å². The predicted octanol–water partition coefficient (Wildman–Crippen LogP) is 2.91. The second-order valence-corrected chi connectivity index (χ2v) is 4.76. The van der Waals surface area contributed by atoms with Crippen LogP contribution in [0.4, 0.5) is 5.69 Å². The minimum Gasteiger partial charge on any atom is -0.491 e. The third kappa shape index (κ3) is 2.60.